The van der Waals surface area contributed by atoms with Gasteiger partial charge in [-0.25, -0.2) is 15.0 Å². The van der Waals surface area contributed by atoms with Crippen LogP contribution in [0, 0.1) is 6.92 Å². The standard InChI is InChI=1S/C16H20N6/c1-10-19-14-12(6-5-7-17-14)15(20-10)18-9-11-8-13(22-21-11)16(2,3)4/h5-8H,9H2,1-4H3,(H,21,22)(H,17,18,19,20). The van der Waals surface area contributed by atoms with E-state index in [0.29, 0.717) is 18.0 Å². The molecule has 0 saturated carbocycles. The molecule has 0 fully saturated rings. The highest BCUT2D eigenvalue weighted by atomic mass is 15.1. The highest BCUT2D eigenvalue weighted by molar-refractivity contribution is 5.86. The van der Waals surface area contributed by atoms with Gasteiger partial charge in [-0.2, -0.15) is 5.10 Å². The van der Waals surface area contributed by atoms with E-state index in [9.17, 15) is 0 Å². The Balaban J connectivity index is 1.84. The summed E-state index contributed by atoms with van der Waals surface area (Å²) in [4.78, 5) is 13.1. The predicted octanol–water partition coefficient (Wildman–Crippen LogP) is 2.97. The van der Waals surface area contributed by atoms with Crippen molar-refractivity contribution in [3.05, 3.63) is 41.6 Å². The van der Waals surface area contributed by atoms with Crippen LogP contribution < -0.4 is 5.32 Å². The zero-order valence-electron chi connectivity index (χ0n) is 13.3. The lowest BCUT2D eigenvalue weighted by molar-refractivity contribution is 0.567. The molecule has 6 nitrogen and oxygen atoms in total. The third-order valence-electron chi connectivity index (χ3n) is 3.43. The van der Waals surface area contributed by atoms with Crippen molar-refractivity contribution in [3.63, 3.8) is 0 Å². The number of aromatic amines is 1. The van der Waals surface area contributed by atoms with Crippen LogP contribution in [0.1, 0.15) is 38.0 Å². The van der Waals surface area contributed by atoms with Gasteiger partial charge in [0.2, 0.25) is 0 Å². The van der Waals surface area contributed by atoms with Gasteiger partial charge >= 0.3 is 0 Å². The lowest BCUT2D eigenvalue weighted by Gasteiger charge is -2.13. The molecule has 3 rings (SSSR count). The van der Waals surface area contributed by atoms with Crippen LogP contribution in [-0.4, -0.2) is 25.1 Å². The highest BCUT2D eigenvalue weighted by Crippen LogP contribution is 2.22. The lowest BCUT2D eigenvalue weighted by atomic mass is 9.92. The largest absolute Gasteiger partial charge is 0.364 e. The van der Waals surface area contributed by atoms with Gasteiger partial charge < -0.3 is 5.32 Å². The van der Waals surface area contributed by atoms with E-state index in [1.807, 2.05) is 19.1 Å². The monoisotopic (exact) mass is 296 g/mol. The summed E-state index contributed by atoms with van der Waals surface area (Å²) in [6.07, 6.45) is 1.74. The Kier molecular flexibility index (Phi) is 3.52. The number of hydrogen-bond donors (Lipinski definition) is 2. The molecule has 3 aromatic heterocycles. The van der Waals surface area contributed by atoms with Crippen molar-refractivity contribution in [2.75, 3.05) is 5.32 Å². The first-order valence-electron chi connectivity index (χ1n) is 7.31. The fourth-order valence-electron chi connectivity index (χ4n) is 2.22. The molecule has 2 N–H and O–H groups in total. The SMILES string of the molecule is Cc1nc(NCc2cc(C(C)(C)C)n[nH]2)c2cccnc2n1. The van der Waals surface area contributed by atoms with Crippen LogP contribution in [-0.2, 0) is 12.0 Å². The summed E-state index contributed by atoms with van der Waals surface area (Å²) >= 11 is 0. The second-order valence-corrected chi connectivity index (χ2v) is 6.38. The number of rotatable bonds is 3. The first kappa shape index (κ1) is 14.4. The Morgan fingerprint density at radius 2 is 2.05 bits per heavy atom. The van der Waals surface area contributed by atoms with Gasteiger partial charge in [-0.05, 0) is 25.1 Å². The van der Waals surface area contributed by atoms with Crippen LogP contribution in [0.2, 0.25) is 0 Å². The summed E-state index contributed by atoms with van der Waals surface area (Å²) in [6.45, 7) is 8.94. The number of aryl methyl sites for hydroxylation is 1. The maximum atomic E-state index is 4.48. The third kappa shape index (κ3) is 2.90. The fraction of sp³-hybridized carbons (Fsp3) is 0.375. The minimum absolute atomic E-state index is 0.0386. The molecule has 0 spiro atoms. The molecule has 3 heterocycles. The number of nitrogens with zero attached hydrogens (tertiary/aromatic N) is 4. The minimum atomic E-state index is 0.0386. The van der Waals surface area contributed by atoms with Gasteiger partial charge in [0, 0.05) is 11.6 Å². The molecular formula is C16H20N6. The zero-order chi connectivity index (χ0) is 15.7. The van der Waals surface area contributed by atoms with Gasteiger partial charge in [0.05, 0.1) is 23.3 Å². The van der Waals surface area contributed by atoms with Crippen molar-refractivity contribution >= 4 is 16.9 Å². The van der Waals surface area contributed by atoms with Crippen molar-refractivity contribution in [1.82, 2.24) is 25.1 Å². The zero-order valence-corrected chi connectivity index (χ0v) is 13.3. The van der Waals surface area contributed by atoms with Gasteiger partial charge in [-0.3, -0.25) is 5.10 Å². The Morgan fingerprint density at radius 3 is 2.77 bits per heavy atom. The van der Waals surface area contributed by atoms with E-state index in [1.165, 1.54) is 0 Å². The molecule has 114 valence electrons. The molecule has 0 aliphatic heterocycles. The summed E-state index contributed by atoms with van der Waals surface area (Å²) in [7, 11) is 0. The topological polar surface area (TPSA) is 79.4 Å². The predicted molar refractivity (Wildman–Crippen MR) is 86.7 cm³/mol. The van der Waals surface area contributed by atoms with Gasteiger partial charge in [-0.15, -0.1) is 0 Å². The molecule has 0 aliphatic carbocycles. The smallest absolute Gasteiger partial charge is 0.164 e. The Morgan fingerprint density at radius 1 is 1.23 bits per heavy atom. The fourth-order valence-corrected chi connectivity index (χ4v) is 2.22. The number of pyridine rings is 1. The molecule has 0 saturated heterocycles. The van der Waals surface area contributed by atoms with Gasteiger partial charge in [0.25, 0.3) is 0 Å². The normalized spacial score (nSPS) is 11.8. The summed E-state index contributed by atoms with van der Waals surface area (Å²) < 4.78 is 0. The molecule has 0 aliphatic rings. The number of aromatic nitrogens is 5. The van der Waals surface area contributed by atoms with E-state index in [-0.39, 0.29) is 5.41 Å². The second-order valence-electron chi connectivity index (χ2n) is 6.38. The molecule has 0 aromatic carbocycles. The van der Waals surface area contributed by atoms with Crippen molar-refractivity contribution in [2.24, 2.45) is 0 Å². The van der Waals surface area contributed by atoms with E-state index in [2.05, 4.69) is 57.3 Å². The third-order valence-corrected chi connectivity index (χ3v) is 3.43. The van der Waals surface area contributed by atoms with Crippen molar-refractivity contribution in [1.29, 1.82) is 0 Å². The van der Waals surface area contributed by atoms with Crippen LogP contribution in [0.4, 0.5) is 5.82 Å². The van der Waals surface area contributed by atoms with Crippen LogP contribution in [0.3, 0.4) is 0 Å². The van der Waals surface area contributed by atoms with Crippen LogP contribution >= 0.6 is 0 Å². The van der Waals surface area contributed by atoms with E-state index in [4.69, 9.17) is 0 Å². The number of H-pyrrole nitrogens is 1. The molecule has 22 heavy (non-hydrogen) atoms. The average Bonchev–Trinajstić information content (AvgIpc) is 2.93. The molecular weight excluding hydrogens is 276 g/mol. The lowest BCUT2D eigenvalue weighted by Crippen LogP contribution is -2.11. The van der Waals surface area contributed by atoms with E-state index >= 15 is 0 Å². The number of anilines is 1. The van der Waals surface area contributed by atoms with Crippen molar-refractivity contribution in [2.45, 2.75) is 39.7 Å². The minimum Gasteiger partial charge on any atom is -0.364 e. The van der Waals surface area contributed by atoms with Crippen LogP contribution in [0.15, 0.2) is 24.4 Å². The Hall–Kier alpha value is -2.50. The summed E-state index contributed by atoms with van der Waals surface area (Å²) in [5, 5.41) is 11.7. The average molecular weight is 296 g/mol. The highest BCUT2D eigenvalue weighted by Gasteiger charge is 2.17. The number of nitrogens with one attached hydrogen (secondary N) is 2. The van der Waals surface area contributed by atoms with E-state index < -0.39 is 0 Å². The Bertz CT molecular complexity index is 800. The first-order valence-corrected chi connectivity index (χ1v) is 7.31. The molecule has 0 amide bonds. The Labute approximate surface area is 129 Å². The van der Waals surface area contributed by atoms with Crippen LogP contribution in [0.5, 0.6) is 0 Å². The summed E-state index contributed by atoms with van der Waals surface area (Å²) in [5.41, 5.74) is 2.82. The quantitative estimate of drug-likeness (QED) is 0.776. The van der Waals surface area contributed by atoms with Gasteiger partial charge in [0.1, 0.15) is 11.6 Å². The molecule has 0 atom stereocenters. The maximum Gasteiger partial charge on any atom is 0.164 e. The van der Waals surface area contributed by atoms with E-state index in [0.717, 1.165) is 22.6 Å². The van der Waals surface area contributed by atoms with Crippen LogP contribution in [0.25, 0.3) is 11.0 Å². The maximum absolute atomic E-state index is 4.48. The molecule has 0 unspecified atom stereocenters. The second kappa shape index (κ2) is 5.36. The molecule has 3 aromatic rings. The number of hydrogen-bond acceptors (Lipinski definition) is 5. The molecule has 6 heteroatoms. The molecule has 0 bridgehead atoms. The van der Waals surface area contributed by atoms with Crippen molar-refractivity contribution < 1.29 is 0 Å². The summed E-state index contributed by atoms with van der Waals surface area (Å²) in [5.74, 6) is 1.50. The number of fused-ring (bicyclic) bond motifs is 1. The first-order chi connectivity index (χ1) is 10.4. The van der Waals surface area contributed by atoms with Crippen molar-refractivity contribution in [3.8, 4) is 0 Å². The summed E-state index contributed by atoms with van der Waals surface area (Å²) in [6, 6.07) is 5.94. The molecule has 0 radical (unpaired) electrons. The van der Waals surface area contributed by atoms with Gasteiger partial charge in [-0.1, -0.05) is 20.8 Å². The van der Waals surface area contributed by atoms with Gasteiger partial charge in [0.15, 0.2) is 5.65 Å². The van der Waals surface area contributed by atoms with E-state index in [1.54, 1.807) is 6.20 Å².